The number of hydrogen-bond acceptors (Lipinski definition) is 6. The Morgan fingerprint density at radius 2 is 0.656 bits per heavy atom. The van der Waals surface area contributed by atoms with Crippen LogP contribution in [-0.4, -0.2) is 29.9 Å². The number of pyridine rings is 3. The summed E-state index contributed by atoms with van der Waals surface area (Å²) in [7, 11) is 0. The number of hydrogen-bond donors (Lipinski definition) is 3. The number of rotatable bonds is 3. The Morgan fingerprint density at radius 1 is 0.244 bits per heavy atom. The van der Waals surface area contributed by atoms with Crippen LogP contribution in [0, 0.1) is 0 Å². The molecule has 9 heterocycles. The van der Waals surface area contributed by atoms with Crippen LogP contribution in [0.4, 0.5) is 0 Å². The average molecular weight is 1200 g/mol. The van der Waals surface area contributed by atoms with Gasteiger partial charge >= 0.3 is 0 Å². The van der Waals surface area contributed by atoms with Gasteiger partial charge in [0.15, 0.2) is 0 Å². The van der Waals surface area contributed by atoms with Crippen molar-refractivity contribution in [3.05, 3.63) is 274 Å². The van der Waals surface area contributed by atoms with Crippen molar-refractivity contribution >= 4 is 192 Å². The van der Waals surface area contributed by atoms with Crippen LogP contribution in [0.5, 0.6) is 0 Å². The van der Waals surface area contributed by atoms with Crippen LogP contribution in [0.2, 0.25) is 0 Å². The second kappa shape index (κ2) is 20.2. The quantitative estimate of drug-likeness (QED) is 0.165. The number of fused-ring (bicyclic) bond motifs is 30. The Bertz CT molecular complexity index is 6420. The molecule has 0 spiro atoms. The SMILES string of the molecule is c1ccc(-c2ccc3c(c2)[nH]c2c4ccccc4c4c5ccccc5sc4c32)nc1.c1cncc(-c2ccc3c(c2)[nH]c2c3c3ccccc3c3sc4ccccc4c23)c1.c1cncc(-c2ccc3c(c2)[nH]c2c4sc5ccccc5c4c4ccccc4c32)c1. The van der Waals surface area contributed by atoms with Gasteiger partial charge in [0.2, 0.25) is 0 Å². The molecular weight excluding hydrogens is 1150 g/mol. The Kier molecular flexibility index (Phi) is 11.5. The van der Waals surface area contributed by atoms with Crippen molar-refractivity contribution in [1.29, 1.82) is 0 Å². The van der Waals surface area contributed by atoms with E-state index < -0.39 is 0 Å². The van der Waals surface area contributed by atoms with Gasteiger partial charge in [-0.25, -0.2) is 0 Å². The lowest BCUT2D eigenvalue weighted by atomic mass is 9.98. The molecule has 0 radical (unpaired) electrons. The molecule has 0 bridgehead atoms. The first-order valence-electron chi connectivity index (χ1n) is 30.2. The molecule has 21 aromatic rings. The summed E-state index contributed by atoms with van der Waals surface area (Å²) in [6, 6.07) is 86.9. The number of aromatic nitrogens is 6. The molecule has 0 aliphatic carbocycles. The number of nitrogens with zero attached hydrogens (tertiary/aromatic N) is 3. The molecule has 0 saturated heterocycles. The van der Waals surface area contributed by atoms with Gasteiger partial charge in [0.25, 0.3) is 0 Å². The van der Waals surface area contributed by atoms with E-state index in [9.17, 15) is 0 Å². The van der Waals surface area contributed by atoms with Crippen molar-refractivity contribution < 1.29 is 0 Å². The monoisotopic (exact) mass is 1200 g/mol. The highest BCUT2D eigenvalue weighted by molar-refractivity contribution is 7.28. The van der Waals surface area contributed by atoms with Crippen molar-refractivity contribution in [1.82, 2.24) is 29.9 Å². The van der Waals surface area contributed by atoms with Crippen LogP contribution < -0.4 is 0 Å². The minimum Gasteiger partial charge on any atom is -0.354 e. The zero-order valence-electron chi connectivity index (χ0n) is 48.0. The molecule has 21 rings (SSSR count). The summed E-state index contributed by atoms with van der Waals surface area (Å²) in [6.07, 6.45) is 9.32. The third-order valence-corrected chi connectivity index (χ3v) is 21.8. The van der Waals surface area contributed by atoms with Crippen LogP contribution >= 0.6 is 34.0 Å². The maximum atomic E-state index is 4.53. The van der Waals surface area contributed by atoms with Gasteiger partial charge in [0.05, 0.1) is 26.9 Å². The van der Waals surface area contributed by atoms with Gasteiger partial charge in [0, 0.05) is 163 Å². The summed E-state index contributed by atoms with van der Waals surface area (Å²) in [6.45, 7) is 0. The van der Waals surface area contributed by atoms with E-state index in [4.69, 9.17) is 0 Å². The van der Waals surface area contributed by atoms with Crippen LogP contribution in [0.1, 0.15) is 0 Å². The Hall–Kier alpha value is -11.1. The second-order valence-corrected chi connectivity index (χ2v) is 26.3. The average Bonchev–Trinajstić information content (AvgIpc) is 1.90. The first kappa shape index (κ1) is 51.0. The molecule has 0 amide bonds. The summed E-state index contributed by atoms with van der Waals surface area (Å²) >= 11 is 5.66. The standard InChI is InChI=1S/3C27H16N2S/c1-2-8-18-17(7-1)24-20-9-3-4-11-23(20)30-27(24)25-19-13-12-16(15-22(19)29-26(18)25)21-10-5-6-14-28-21;1-2-8-19-18(7-1)24-20-12-11-16(17-6-5-13-28-15-17)14-22(20)29-26(24)25-21-9-3-4-10-23(21)30-27(19)25;1-2-8-19-18(7-1)24-20-12-11-16(17-6-5-13-28-15-17)14-22(20)29-26(24)27-25(19)21-9-3-4-10-23(21)30-27/h3*1-15,29H. The molecule has 9 heteroatoms. The Morgan fingerprint density at radius 3 is 1.23 bits per heavy atom. The molecule has 0 atom stereocenters. The number of H-pyrrole nitrogens is 3. The van der Waals surface area contributed by atoms with Crippen molar-refractivity contribution in [2.24, 2.45) is 0 Å². The maximum Gasteiger partial charge on any atom is 0.0702 e. The molecule has 6 nitrogen and oxygen atoms in total. The van der Waals surface area contributed by atoms with Gasteiger partial charge in [-0.15, -0.1) is 34.0 Å². The van der Waals surface area contributed by atoms with Gasteiger partial charge < -0.3 is 15.0 Å². The van der Waals surface area contributed by atoms with E-state index in [1.807, 2.05) is 89.3 Å². The fourth-order valence-electron chi connectivity index (χ4n) is 14.3. The fraction of sp³-hybridized carbons (Fsp3) is 0. The van der Waals surface area contributed by atoms with E-state index in [1.165, 1.54) is 164 Å². The van der Waals surface area contributed by atoms with Gasteiger partial charge in [0.1, 0.15) is 0 Å². The molecule has 0 aliphatic rings. The number of nitrogens with one attached hydrogen (secondary N) is 3. The number of thiophene rings is 3. The van der Waals surface area contributed by atoms with E-state index >= 15 is 0 Å². The zero-order chi connectivity index (χ0) is 59.0. The largest absolute Gasteiger partial charge is 0.354 e. The third-order valence-electron chi connectivity index (χ3n) is 18.2. The van der Waals surface area contributed by atoms with Crippen LogP contribution in [-0.2, 0) is 0 Å². The highest BCUT2D eigenvalue weighted by atomic mass is 32.1. The topological polar surface area (TPSA) is 86.0 Å². The summed E-state index contributed by atoms with van der Waals surface area (Å²) in [5.74, 6) is 0. The summed E-state index contributed by atoms with van der Waals surface area (Å²) in [4.78, 5) is 24.4. The van der Waals surface area contributed by atoms with E-state index in [0.717, 1.165) is 27.9 Å². The lowest BCUT2D eigenvalue weighted by Crippen LogP contribution is -1.81. The predicted octanol–water partition coefficient (Wildman–Crippen LogP) is 23.7. The molecule has 90 heavy (non-hydrogen) atoms. The lowest BCUT2D eigenvalue weighted by Gasteiger charge is -2.04. The smallest absolute Gasteiger partial charge is 0.0702 e. The number of benzene rings is 12. The molecule has 3 N–H and O–H groups in total. The summed E-state index contributed by atoms with van der Waals surface area (Å²) in [5.41, 5.74) is 13.9. The zero-order valence-corrected chi connectivity index (χ0v) is 50.5. The highest BCUT2D eigenvalue weighted by Crippen LogP contribution is 2.50. The van der Waals surface area contributed by atoms with Crippen LogP contribution in [0.25, 0.3) is 192 Å². The van der Waals surface area contributed by atoms with Gasteiger partial charge in [-0.3, -0.25) is 15.0 Å². The molecule has 12 aromatic carbocycles. The molecule has 0 unspecified atom stereocenters. The van der Waals surface area contributed by atoms with E-state index in [2.05, 4.69) is 248 Å². The summed E-state index contributed by atoms with van der Waals surface area (Å²) in [5, 5.41) is 23.7. The van der Waals surface area contributed by atoms with E-state index in [-0.39, 0.29) is 0 Å². The first-order valence-corrected chi connectivity index (χ1v) is 32.6. The first-order chi connectivity index (χ1) is 44.6. The number of aromatic amines is 3. The molecule has 0 saturated carbocycles. The molecular formula is C81H48N6S3. The fourth-order valence-corrected chi connectivity index (χ4v) is 18.0. The third kappa shape index (κ3) is 7.83. The Balaban J connectivity index is 0.0000000972. The Labute approximate surface area is 525 Å². The van der Waals surface area contributed by atoms with E-state index in [0.29, 0.717) is 0 Å². The van der Waals surface area contributed by atoms with Crippen LogP contribution in [0.15, 0.2) is 274 Å². The molecule has 420 valence electrons. The van der Waals surface area contributed by atoms with Crippen LogP contribution in [0.3, 0.4) is 0 Å². The van der Waals surface area contributed by atoms with Crippen molar-refractivity contribution in [2.45, 2.75) is 0 Å². The summed E-state index contributed by atoms with van der Waals surface area (Å²) < 4.78 is 8.06. The minimum atomic E-state index is 0.995. The molecule has 0 fully saturated rings. The second-order valence-electron chi connectivity index (χ2n) is 23.1. The van der Waals surface area contributed by atoms with Gasteiger partial charge in [-0.1, -0.05) is 182 Å². The van der Waals surface area contributed by atoms with E-state index in [1.54, 1.807) is 0 Å². The molecule has 0 aliphatic heterocycles. The highest BCUT2D eigenvalue weighted by Gasteiger charge is 2.22. The van der Waals surface area contributed by atoms with Crippen molar-refractivity contribution in [2.75, 3.05) is 0 Å². The maximum absolute atomic E-state index is 4.53. The van der Waals surface area contributed by atoms with Crippen molar-refractivity contribution in [3.63, 3.8) is 0 Å². The van der Waals surface area contributed by atoms with Gasteiger partial charge in [-0.05, 0) is 93.3 Å². The van der Waals surface area contributed by atoms with Crippen molar-refractivity contribution in [3.8, 4) is 33.5 Å². The normalized spacial score (nSPS) is 12.0. The minimum absolute atomic E-state index is 0.995. The predicted molar refractivity (Wildman–Crippen MR) is 388 cm³/mol. The van der Waals surface area contributed by atoms with Gasteiger partial charge in [-0.2, -0.15) is 0 Å². The lowest BCUT2D eigenvalue weighted by molar-refractivity contribution is 1.33. The molecule has 9 aromatic heterocycles.